The van der Waals surface area contributed by atoms with Crippen LogP contribution in [0.5, 0.6) is 0 Å². The van der Waals surface area contributed by atoms with Gasteiger partial charge in [-0.3, -0.25) is 4.98 Å². The van der Waals surface area contributed by atoms with Crippen molar-refractivity contribution in [3.63, 3.8) is 0 Å². The molecular formula is C8H6N6. The molecule has 2 N–H and O–H groups in total. The van der Waals surface area contributed by atoms with Crippen LogP contribution in [0.3, 0.4) is 0 Å². The Hall–Kier alpha value is -2.24. The second-order valence-electron chi connectivity index (χ2n) is 2.85. The first-order valence-electron chi connectivity index (χ1n) is 4.06. The third kappa shape index (κ3) is 0.846. The Morgan fingerprint density at radius 3 is 3.14 bits per heavy atom. The zero-order valence-electron chi connectivity index (χ0n) is 7.12. The number of aromatic nitrogens is 5. The molecule has 0 aliphatic carbocycles. The van der Waals surface area contributed by atoms with Gasteiger partial charge in [0.25, 0.3) is 0 Å². The van der Waals surface area contributed by atoms with Crippen LogP contribution < -0.4 is 5.73 Å². The topological polar surface area (TPSA) is 82.0 Å². The SMILES string of the molecule is Nc1ncn2nc3cccnc3c2n1. The number of anilines is 1. The highest BCUT2D eigenvalue weighted by molar-refractivity contribution is 5.87. The summed E-state index contributed by atoms with van der Waals surface area (Å²) in [7, 11) is 0. The summed E-state index contributed by atoms with van der Waals surface area (Å²) in [6, 6.07) is 3.69. The Labute approximate surface area is 78.4 Å². The molecule has 68 valence electrons. The molecule has 0 fully saturated rings. The predicted molar refractivity (Wildman–Crippen MR) is 50.5 cm³/mol. The second-order valence-corrected chi connectivity index (χ2v) is 2.85. The van der Waals surface area contributed by atoms with E-state index >= 15 is 0 Å². The number of nitrogen functional groups attached to an aromatic ring is 1. The van der Waals surface area contributed by atoms with Crippen LogP contribution in [0.2, 0.25) is 0 Å². The Bertz CT molecular complexity index is 613. The Morgan fingerprint density at radius 1 is 1.29 bits per heavy atom. The summed E-state index contributed by atoms with van der Waals surface area (Å²) in [4.78, 5) is 12.1. The van der Waals surface area contributed by atoms with E-state index in [0.29, 0.717) is 5.65 Å². The first-order chi connectivity index (χ1) is 6.84. The predicted octanol–water partition coefficient (Wildman–Crippen LogP) is 0.255. The molecule has 0 spiro atoms. The maximum atomic E-state index is 5.48. The van der Waals surface area contributed by atoms with Crippen molar-refractivity contribution >= 4 is 22.6 Å². The van der Waals surface area contributed by atoms with Gasteiger partial charge in [-0.15, -0.1) is 0 Å². The van der Waals surface area contributed by atoms with Crippen LogP contribution in [-0.4, -0.2) is 24.6 Å². The van der Waals surface area contributed by atoms with E-state index in [4.69, 9.17) is 5.73 Å². The standard InChI is InChI=1S/C8H6N6/c9-8-11-4-14-7(12-8)6-5(13-14)2-1-3-10-6/h1-4H,(H2,9,12). The molecule has 0 aromatic carbocycles. The lowest BCUT2D eigenvalue weighted by Gasteiger charge is -1.91. The number of hydrogen-bond donors (Lipinski definition) is 1. The van der Waals surface area contributed by atoms with E-state index < -0.39 is 0 Å². The summed E-state index contributed by atoms with van der Waals surface area (Å²) < 4.78 is 1.56. The minimum Gasteiger partial charge on any atom is -0.368 e. The number of nitrogens with two attached hydrogens (primary N) is 1. The van der Waals surface area contributed by atoms with Crippen LogP contribution in [0.25, 0.3) is 16.7 Å². The molecule has 0 amide bonds. The van der Waals surface area contributed by atoms with E-state index in [2.05, 4.69) is 20.1 Å². The number of hydrogen-bond acceptors (Lipinski definition) is 5. The van der Waals surface area contributed by atoms with Crippen molar-refractivity contribution < 1.29 is 0 Å². The fourth-order valence-corrected chi connectivity index (χ4v) is 1.36. The molecule has 14 heavy (non-hydrogen) atoms. The van der Waals surface area contributed by atoms with Gasteiger partial charge in [0, 0.05) is 6.20 Å². The molecular weight excluding hydrogens is 180 g/mol. The zero-order valence-corrected chi connectivity index (χ0v) is 7.12. The van der Waals surface area contributed by atoms with Crippen LogP contribution in [0.4, 0.5) is 5.95 Å². The molecule has 6 nitrogen and oxygen atoms in total. The molecule has 0 atom stereocenters. The average molecular weight is 186 g/mol. The van der Waals surface area contributed by atoms with Gasteiger partial charge in [0.15, 0.2) is 5.65 Å². The number of nitrogens with zero attached hydrogens (tertiary/aromatic N) is 5. The summed E-state index contributed by atoms with van der Waals surface area (Å²) >= 11 is 0. The molecule has 0 saturated heterocycles. The van der Waals surface area contributed by atoms with Crippen LogP contribution in [0, 0.1) is 0 Å². The van der Waals surface area contributed by atoms with Crippen molar-refractivity contribution in [2.45, 2.75) is 0 Å². The molecule has 0 unspecified atom stereocenters. The minimum absolute atomic E-state index is 0.227. The Morgan fingerprint density at radius 2 is 2.21 bits per heavy atom. The second kappa shape index (κ2) is 2.38. The maximum absolute atomic E-state index is 5.48. The van der Waals surface area contributed by atoms with Crippen LogP contribution >= 0.6 is 0 Å². The van der Waals surface area contributed by atoms with Gasteiger partial charge in [-0.05, 0) is 12.1 Å². The Balaban J connectivity index is 2.58. The molecule has 0 bridgehead atoms. The van der Waals surface area contributed by atoms with Crippen molar-refractivity contribution in [3.05, 3.63) is 24.7 Å². The zero-order chi connectivity index (χ0) is 9.54. The fourth-order valence-electron chi connectivity index (χ4n) is 1.36. The smallest absolute Gasteiger partial charge is 0.223 e. The normalized spacial score (nSPS) is 11.1. The quantitative estimate of drug-likeness (QED) is 0.544. The van der Waals surface area contributed by atoms with E-state index in [1.54, 1.807) is 10.7 Å². The van der Waals surface area contributed by atoms with Gasteiger partial charge < -0.3 is 5.73 Å². The number of rotatable bonds is 0. The van der Waals surface area contributed by atoms with Crippen molar-refractivity contribution in [1.29, 1.82) is 0 Å². The highest BCUT2D eigenvalue weighted by Gasteiger charge is 2.06. The van der Waals surface area contributed by atoms with E-state index in [1.165, 1.54) is 6.33 Å². The summed E-state index contributed by atoms with van der Waals surface area (Å²) in [6.45, 7) is 0. The van der Waals surface area contributed by atoms with Gasteiger partial charge in [-0.25, -0.2) is 9.50 Å². The molecule has 0 aliphatic heterocycles. The van der Waals surface area contributed by atoms with Gasteiger partial charge in [0.1, 0.15) is 17.4 Å². The van der Waals surface area contributed by atoms with E-state index in [0.717, 1.165) is 11.0 Å². The van der Waals surface area contributed by atoms with Gasteiger partial charge in [-0.2, -0.15) is 10.1 Å². The largest absolute Gasteiger partial charge is 0.368 e. The molecule has 0 radical (unpaired) electrons. The lowest BCUT2D eigenvalue weighted by atomic mass is 10.4. The van der Waals surface area contributed by atoms with Gasteiger partial charge in [0.2, 0.25) is 5.95 Å². The molecule has 3 rings (SSSR count). The lowest BCUT2D eigenvalue weighted by Crippen LogP contribution is -1.98. The summed E-state index contributed by atoms with van der Waals surface area (Å²) in [5.41, 5.74) is 7.64. The molecule has 3 aromatic heterocycles. The average Bonchev–Trinajstić information content (AvgIpc) is 2.56. The third-order valence-corrected chi connectivity index (χ3v) is 1.95. The first kappa shape index (κ1) is 7.19. The lowest BCUT2D eigenvalue weighted by molar-refractivity contribution is 0.910. The summed E-state index contributed by atoms with van der Waals surface area (Å²) in [6.07, 6.45) is 3.22. The molecule has 0 saturated carbocycles. The molecule has 3 heterocycles. The van der Waals surface area contributed by atoms with E-state index in [-0.39, 0.29) is 5.95 Å². The van der Waals surface area contributed by atoms with Gasteiger partial charge >= 0.3 is 0 Å². The van der Waals surface area contributed by atoms with Crippen molar-refractivity contribution in [3.8, 4) is 0 Å². The highest BCUT2D eigenvalue weighted by atomic mass is 15.3. The molecule has 0 aliphatic rings. The van der Waals surface area contributed by atoms with Crippen molar-refractivity contribution in [2.24, 2.45) is 0 Å². The highest BCUT2D eigenvalue weighted by Crippen LogP contribution is 2.13. The minimum atomic E-state index is 0.227. The number of fused-ring (bicyclic) bond motifs is 3. The van der Waals surface area contributed by atoms with Gasteiger partial charge in [0.05, 0.1) is 0 Å². The van der Waals surface area contributed by atoms with Crippen LogP contribution in [0.15, 0.2) is 24.7 Å². The van der Waals surface area contributed by atoms with E-state index in [9.17, 15) is 0 Å². The molecule has 3 aromatic rings. The van der Waals surface area contributed by atoms with Crippen molar-refractivity contribution in [2.75, 3.05) is 5.73 Å². The molecule has 6 heteroatoms. The Kier molecular flexibility index (Phi) is 1.22. The maximum Gasteiger partial charge on any atom is 0.223 e. The van der Waals surface area contributed by atoms with Crippen LogP contribution in [-0.2, 0) is 0 Å². The summed E-state index contributed by atoms with van der Waals surface area (Å²) in [5.74, 6) is 0.227. The third-order valence-electron chi connectivity index (χ3n) is 1.95. The monoisotopic (exact) mass is 186 g/mol. The van der Waals surface area contributed by atoms with Crippen molar-refractivity contribution in [1.82, 2.24) is 24.6 Å². The number of pyridine rings is 1. The van der Waals surface area contributed by atoms with Crippen LogP contribution in [0.1, 0.15) is 0 Å². The fraction of sp³-hybridized carbons (Fsp3) is 0. The first-order valence-corrected chi connectivity index (χ1v) is 4.06. The summed E-state index contributed by atoms with van der Waals surface area (Å²) in [5, 5.41) is 4.23. The van der Waals surface area contributed by atoms with Gasteiger partial charge in [-0.1, -0.05) is 0 Å². The van der Waals surface area contributed by atoms with E-state index in [1.807, 2.05) is 12.1 Å².